The van der Waals surface area contributed by atoms with Crippen LogP contribution in [-0.4, -0.2) is 25.7 Å². The first-order valence-electron chi connectivity index (χ1n) is 6.00. The van der Waals surface area contributed by atoms with E-state index in [1.807, 2.05) is 13.8 Å². The second-order valence-electron chi connectivity index (χ2n) is 4.44. The number of anilines is 1. The van der Waals surface area contributed by atoms with Crippen LogP contribution in [0.3, 0.4) is 0 Å². The molecule has 0 heterocycles. The van der Waals surface area contributed by atoms with E-state index in [9.17, 15) is 13.5 Å². The Labute approximate surface area is 122 Å². The van der Waals surface area contributed by atoms with Crippen molar-refractivity contribution in [2.24, 2.45) is 0 Å². The Morgan fingerprint density at radius 1 is 1.37 bits per heavy atom. The van der Waals surface area contributed by atoms with Crippen molar-refractivity contribution >= 4 is 31.6 Å². The zero-order chi connectivity index (χ0) is 14.7. The van der Waals surface area contributed by atoms with Gasteiger partial charge in [-0.1, -0.05) is 13.8 Å². The number of aliphatic hydroxyl groups is 1. The Kier molecular flexibility index (Phi) is 5.37. The van der Waals surface area contributed by atoms with Crippen molar-refractivity contribution in [2.75, 3.05) is 12.3 Å². The molecule has 0 bridgehead atoms. The number of benzene rings is 1. The molecule has 0 radical (unpaired) electrons. The minimum atomic E-state index is -3.71. The van der Waals surface area contributed by atoms with E-state index in [0.29, 0.717) is 23.0 Å². The molecule has 0 aliphatic heterocycles. The smallest absolute Gasteiger partial charge is 0.242 e. The van der Waals surface area contributed by atoms with Crippen molar-refractivity contribution < 1.29 is 13.5 Å². The quantitative estimate of drug-likeness (QED) is 0.682. The van der Waals surface area contributed by atoms with Gasteiger partial charge in [0.2, 0.25) is 10.0 Å². The summed E-state index contributed by atoms with van der Waals surface area (Å²) >= 11 is 3.19. The van der Waals surface area contributed by atoms with Crippen LogP contribution in [0.5, 0.6) is 0 Å². The zero-order valence-corrected chi connectivity index (χ0v) is 13.4. The third-order valence-electron chi connectivity index (χ3n) is 3.25. The molecule has 0 aliphatic carbocycles. The topological polar surface area (TPSA) is 92.4 Å². The Balaban J connectivity index is 3.17. The zero-order valence-electron chi connectivity index (χ0n) is 11.0. The normalized spacial score (nSPS) is 12.6. The number of nitrogens with one attached hydrogen (secondary N) is 1. The summed E-state index contributed by atoms with van der Waals surface area (Å²) < 4.78 is 27.7. The summed E-state index contributed by atoms with van der Waals surface area (Å²) in [5, 5.41) is 9.44. The van der Waals surface area contributed by atoms with Crippen LogP contribution in [0.2, 0.25) is 0 Å². The van der Waals surface area contributed by atoms with E-state index >= 15 is 0 Å². The van der Waals surface area contributed by atoms with Gasteiger partial charge in [-0.3, -0.25) is 0 Å². The van der Waals surface area contributed by atoms with Crippen molar-refractivity contribution in [3.05, 3.63) is 22.7 Å². The van der Waals surface area contributed by atoms with Gasteiger partial charge in [0.15, 0.2) is 0 Å². The van der Waals surface area contributed by atoms with Gasteiger partial charge in [0.1, 0.15) is 0 Å². The fourth-order valence-electron chi connectivity index (χ4n) is 1.73. The first-order chi connectivity index (χ1) is 8.80. The molecule has 7 heteroatoms. The van der Waals surface area contributed by atoms with Gasteiger partial charge in [-0.25, -0.2) is 13.1 Å². The average molecular weight is 351 g/mol. The summed E-state index contributed by atoms with van der Waals surface area (Å²) in [7, 11) is -3.71. The number of nitrogen functional groups attached to an aromatic ring is 1. The Bertz CT molecular complexity index is 534. The Hall–Kier alpha value is -0.630. The fraction of sp³-hybridized carbons (Fsp3) is 0.500. The number of nitrogens with two attached hydrogens (primary N) is 1. The van der Waals surface area contributed by atoms with Crippen LogP contribution in [0.1, 0.15) is 26.7 Å². The lowest BCUT2D eigenvalue weighted by molar-refractivity contribution is 0.172. The molecule has 0 saturated carbocycles. The summed E-state index contributed by atoms with van der Waals surface area (Å²) in [6.07, 6.45) is 1.01. The minimum Gasteiger partial charge on any atom is -0.399 e. The monoisotopic (exact) mass is 350 g/mol. The number of halogens is 1. The summed E-state index contributed by atoms with van der Waals surface area (Å²) in [6, 6.07) is 4.50. The highest BCUT2D eigenvalue weighted by Gasteiger charge is 2.32. The number of rotatable bonds is 6. The highest BCUT2D eigenvalue weighted by molar-refractivity contribution is 9.10. The van der Waals surface area contributed by atoms with Gasteiger partial charge in [-0.05, 0) is 47.0 Å². The van der Waals surface area contributed by atoms with E-state index in [4.69, 9.17) is 5.73 Å². The molecule has 1 aromatic carbocycles. The standard InChI is InChI=1S/C12H19BrN2O3S/c1-3-12(4-2,8-16)15-19(17,18)11-6-5-9(14)7-10(11)13/h5-7,15-16H,3-4,8,14H2,1-2H3. The highest BCUT2D eigenvalue weighted by Crippen LogP contribution is 2.26. The molecule has 5 nitrogen and oxygen atoms in total. The molecule has 0 aliphatic rings. The SMILES string of the molecule is CCC(CC)(CO)NS(=O)(=O)c1ccc(N)cc1Br. The number of aliphatic hydroxyl groups excluding tert-OH is 1. The number of hydrogen-bond donors (Lipinski definition) is 3. The predicted octanol–water partition coefficient (Wildman–Crippen LogP) is 1.86. The van der Waals surface area contributed by atoms with E-state index in [1.165, 1.54) is 18.2 Å². The molecule has 1 aromatic rings. The van der Waals surface area contributed by atoms with Crippen molar-refractivity contribution in [1.82, 2.24) is 4.72 Å². The largest absolute Gasteiger partial charge is 0.399 e. The summed E-state index contributed by atoms with van der Waals surface area (Å²) in [5.41, 5.74) is 5.23. The molecular formula is C12H19BrN2O3S. The van der Waals surface area contributed by atoms with Gasteiger partial charge in [0.25, 0.3) is 0 Å². The van der Waals surface area contributed by atoms with Crippen LogP contribution in [-0.2, 0) is 10.0 Å². The lowest BCUT2D eigenvalue weighted by Crippen LogP contribution is -2.50. The van der Waals surface area contributed by atoms with Crippen LogP contribution < -0.4 is 10.5 Å². The maximum atomic E-state index is 12.4. The molecule has 0 atom stereocenters. The van der Waals surface area contributed by atoms with E-state index < -0.39 is 15.6 Å². The second kappa shape index (κ2) is 6.21. The van der Waals surface area contributed by atoms with Crippen molar-refractivity contribution in [2.45, 2.75) is 37.1 Å². The molecule has 19 heavy (non-hydrogen) atoms. The van der Waals surface area contributed by atoms with Gasteiger partial charge in [0.05, 0.1) is 17.0 Å². The van der Waals surface area contributed by atoms with Crippen LogP contribution in [0.4, 0.5) is 5.69 Å². The first-order valence-corrected chi connectivity index (χ1v) is 8.27. The van der Waals surface area contributed by atoms with Crippen molar-refractivity contribution in [3.8, 4) is 0 Å². The molecule has 0 unspecified atom stereocenters. The molecule has 0 amide bonds. The van der Waals surface area contributed by atoms with Gasteiger partial charge in [-0.2, -0.15) is 0 Å². The molecule has 0 fully saturated rings. The lowest BCUT2D eigenvalue weighted by Gasteiger charge is -2.30. The molecule has 1 rings (SSSR count). The van der Waals surface area contributed by atoms with Crippen molar-refractivity contribution in [3.63, 3.8) is 0 Å². The maximum Gasteiger partial charge on any atom is 0.242 e. The average Bonchev–Trinajstić information content (AvgIpc) is 2.35. The van der Waals surface area contributed by atoms with Gasteiger partial charge in [-0.15, -0.1) is 0 Å². The second-order valence-corrected chi connectivity index (χ2v) is 6.95. The van der Waals surface area contributed by atoms with E-state index in [0.717, 1.165) is 0 Å². The van der Waals surface area contributed by atoms with Crippen LogP contribution in [0, 0.1) is 0 Å². The number of hydrogen-bond acceptors (Lipinski definition) is 4. The Morgan fingerprint density at radius 2 is 1.95 bits per heavy atom. The van der Waals surface area contributed by atoms with Gasteiger partial charge < -0.3 is 10.8 Å². The molecule has 0 spiro atoms. The summed E-state index contributed by atoms with van der Waals surface area (Å²) in [6.45, 7) is 3.42. The molecular weight excluding hydrogens is 332 g/mol. The minimum absolute atomic E-state index is 0.112. The summed E-state index contributed by atoms with van der Waals surface area (Å²) in [5.74, 6) is 0. The van der Waals surface area contributed by atoms with E-state index in [-0.39, 0.29) is 11.5 Å². The van der Waals surface area contributed by atoms with E-state index in [2.05, 4.69) is 20.7 Å². The first kappa shape index (κ1) is 16.4. The third-order valence-corrected chi connectivity index (χ3v) is 5.81. The van der Waals surface area contributed by atoms with Gasteiger partial charge in [0, 0.05) is 10.2 Å². The van der Waals surface area contributed by atoms with Crippen LogP contribution >= 0.6 is 15.9 Å². The van der Waals surface area contributed by atoms with E-state index in [1.54, 1.807) is 0 Å². The predicted molar refractivity (Wildman–Crippen MR) is 79.3 cm³/mol. The molecule has 108 valence electrons. The van der Waals surface area contributed by atoms with Crippen LogP contribution in [0.15, 0.2) is 27.6 Å². The number of sulfonamides is 1. The van der Waals surface area contributed by atoms with Gasteiger partial charge >= 0.3 is 0 Å². The fourth-order valence-corrected chi connectivity index (χ4v) is 4.36. The molecule has 0 saturated heterocycles. The van der Waals surface area contributed by atoms with Crippen molar-refractivity contribution in [1.29, 1.82) is 0 Å². The third kappa shape index (κ3) is 3.68. The van der Waals surface area contributed by atoms with Crippen LogP contribution in [0.25, 0.3) is 0 Å². The molecule has 0 aromatic heterocycles. The lowest BCUT2D eigenvalue weighted by atomic mass is 9.96. The Morgan fingerprint density at radius 3 is 2.37 bits per heavy atom. The summed E-state index contributed by atoms with van der Waals surface area (Å²) in [4.78, 5) is 0.112. The molecule has 4 N–H and O–H groups in total. The highest BCUT2D eigenvalue weighted by atomic mass is 79.9. The maximum absolute atomic E-state index is 12.4.